The second kappa shape index (κ2) is 5.35. The van der Waals surface area contributed by atoms with Crippen molar-refractivity contribution in [3.05, 3.63) is 22.8 Å². The first-order valence-corrected chi connectivity index (χ1v) is 6.04. The molecule has 1 aliphatic heterocycles. The van der Waals surface area contributed by atoms with Gasteiger partial charge in [0.25, 0.3) is 0 Å². The van der Waals surface area contributed by atoms with Crippen LogP contribution in [-0.4, -0.2) is 29.8 Å². The highest BCUT2D eigenvalue weighted by Gasteiger charge is 2.23. The van der Waals surface area contributed by atoms with Crippen molar-refractivity contribution in [1.29, 1.82) is 5.26 Å². The smallest absolute Gasteiger partial charge is 0.132 e. The van der Waals surface area contributed by atoms with E-state index >= 15 is 0 Å². The maximum Gasteiger partial charge on any atom is 0.132 e. The molecule has 90 valence electrons. The van der Waals surface area contributed by atoms with Crippen LogP contribution in [0.3, 0.4) is 0 Å². The molecule has 1 aromatic rings. The van der Waals surface area contributed by atoms with Gasteiger partial charge in [0.15, 0.2) is 0 Å². The van der Waals surface area contributed by atoms with Crippen molar-refractivity contribution in [1.82, 2.24) is 4.98 Å². The lowest BCUT2D eigenvalue weighted by Gasteiger charge is -2.17. The fourth-order valence-electron chi connectivity index (χ4n) is 2.17. The second-order valence-corrected chi connectivity index (χ2v) is 4.65. The minimum absolute atomic E-state index is 0.227. The monoisotopic (exact) mass is 251 g/mol. The number of aliphatic hydroxyl groups excluding tert-OH is 1. The van der Waals surface area contributed by atoms with Gasteiger partial charge in [-0.15, -0.1) is 0 Å². The number of pyridine rings is 1. The molecule has 0 radical (unpaired) electrons. The van der Waals surface area contributed by atoms with Crippen LogP contribution < -0.4 is 4.90 Å². The summed E-state index contributed by atoms with van der Waals surface area (Å²) in [5.41, 5.74) is 0.533. The van der Waals surface area contributed by atoms with E-state index in [1.54, 1.807) is 12.1 Å². The Labute approximate surface area is 105 Å². The largest absolute Gasteiger partial charge is 0.396 e. The standard InChI is InChI=1S/C12H14ClN3O/c13-11-5-10(7-14)6-12(15-11)16-3-1-9(8-16)2-4-17/h5-6,9,17H,1-4,8H2. The summed E-state index contributed by atoms with van der Waals surface area (Å²) in [6, 6.07) is 5.40. The normalized spacial score (nSPS) is 19.4. The summed E-state index contributed by atoms with van der Waals surface area (Å²) in [5, 5.41) is 18.1. The van der Waals surface area contributed by atoms with Gasteiger partial charge in [0.05, 0.1) is 11.6 Å². The number of halogens is 1. The van der Waals surface area contributed by atoms with E-state index in [1.807, 2.05) is 0 Å². The van der Waals surface area contributed by atoms with Crippen molar-refractivity contribution in [2.45, 2.75) is 12.8 Å². The van der Waals surface area contributed by atoms with Crippen molar-refractivity contribution >= 4 is 17.4 Å². The molecule has 1 aliphatic rings. The number of nitriles is 1. The van der Waals surface area contributed by atoms with E-state index in [0.29, 0.717) is 16.6 Å². The molecule has 1 aromatic heterocycles. The predicted octanol–water partition coefficient (Wildman–Crippen LogP) is 1.82. The SMILES string of the molecule is N#Cc1cc(Cl)nc(N2CCC(CCO)C2)c1. The van der Waals surface area contributed by atoms with Crippen molar-refractivity contribution in [3.8, 4) is 6.07 Å². The molecule has 0 spiro atoms. The Bertz CT molecular complexity index is 444. The molecule has 1 fully saturated rings. The summed E-state index contributed by atoms with van der Waals surface area (Å²) in [5.74, 6) is 1.26. The van der Waals surface area contributed by atoms with Crippen LogP contribution in [0.15, 0.2) is 12.1 Å². The summed E-state index contributed by atoms with van der Waals surface area (Å²) in [4.78, 5) is 6.35. The topological polar surface area (TPSA) is 60.2 Å². The van der Waals surface area contributed by atoms with Crippen LogP contribution >= 0.6 is 11.6 Å². The molecule has 2 heterocycles. The quantitative estimate of drug-likeness (QED) is 0.833. The lowest BCUT2D eigenvalue weighted by molar-refractivity contribution is 0.263. The Morgan fingerprint density at radius 3 is 3.12 bits per heavy atom. The van der Waals surface area contributed by atoms with Crippen molar-refractivity contribution < 1.29 is 5.11 Å². The molecular formula is C12H14ClN3O. The van der Waals surface area contributed by atoms with Gasteiger partial charge < -0.3 is 10.0 Å². The highest BCUT2D eigenvalue weighted by molar-refractivity contribution is 6.29. The first-order chi connectivity index (χ1) is 8.22. The maximum atomic E-state index is 8.91. The zero-order chi connectivity index (χ0) is 12.3. The highest BCUT2D eigenvalue weighted by Crippen LogP contribution is 2.26. The van der Waals surface area contributed by atoms with Gasteiger partial charge in [-0.05, 0) is 30.9 Å². The van der Waals surface area contributed by atoms with Crippen LogP contribution in [0.25, 0.3) is 0 Å². The number of aliphatic hydroxyl groups is 1. The van der Waals surface area contributed by atoms with Gasteiger partial charge in [-0.25, -0.2) is 4.98 Å². The van der Waals surface area contributed by atoms with Crippen molar-refractivity contribution in [3.63, 3.8) is 0 Å². The predicted molar refractivity (Wildman–Crippen MR) is 66.0 cm³/mol. The third-order valence-electron chi connectivity index (χ3n) is 3.06. The average Bonchev–Trinajstić information content (AvgIpc) is 2.77. The van der Waals surface area contributed by atoms with Crippen LogP contribution in [-0.2, 0) is 0 Å². The number of hydrogen-bond donors (Lipinski definition) is 1. The molecule has 0 aliphatic carbocycles. The molecule has 5 heteroatoms. The van der Waals surface area contributed by atoms with Crippen LogP contribution in [0.4, 0.5) is 5.82 Å². The van der Waals surface area contributed by atoms with Gasteiger partial charge in [0.2, 0.25) is 0 Å². The van der Waals surface area contributed by atoms with Gasteiger partial charge in [-0.2, -0.15) is 5.26 Å². The minimum atomic E-state index is 0.227. The summed E-state index contributed by atoms with van der Waals surface area (Å²) in [6.07, 6.45) is 1.87. The molecule has 0 amide bonds. The van der Waals surface area contributed by atoms with E-state index in [2.05, 4.69) is 16.0 Å². The van der Waals surface area contributed by atoms with Gasteiger partial charge in [0.1, 0.15) is 11.0 Å². The molecule has 1 N–H and O–H groups in total. The van der Waals surface area contributed by atoms with Gasteiger partial charge in [-0.1, -0.05) is 11.6 Å². The first-order valence-electron chi connectivity index (χ1n) is 5.66. The lowest BCUT2D eigenvalue weighted by Crippen LogP contribution is -2.21. The molecule has 17 heavy (non-hydrogen) atoms. The van der Waals surface area contributed by atoms with E-state index in [1.165, 1.54) is 0 Å². The molecule has 0 saturated carbocycles. The summed E-state index contributed by atoms with van der Waals surface area (Å²) in [7, 11) is 0. The number of anilines is 1. The maximum absolute atomic E-state index is 8.91. The Balaban J connectivity index is 2.13. The highest BCUT2D eigenvalue weighted by atomic mass is 35.5. The molecule has 4 nitrogen and oxygen atoms in total. The van der Waals surface area contributed by atoms with E-state index < -0.39 is 0 Å². The van der Waals surface area contributed by atoms with Gasteiger partial charge in [0, 0.05) is 19.7 Å². The number of aromatic nitrogens is 1. The van der Waals surface area contributed by atoms with E-state index in [4.69, 9.17) is 22.0 Å². The average molecular weight is 252 g/mol. The Morgan fingerprint density at radius 1 is 1.59 bits per heavy atom. The van der Waals surface area contributed by atoms with Gasteiger partial charge >= 0.3 is 0 Å². The fourth-order valence-corrected chi connectivity index (χ4v) is 2.37. The molecule has 1 saturated heterocycles. The van der Waals surface area contributed by atoms with Crippen molar-refractivity contribution in [2.75, 3.05) is 24.6 Å². The molecule has 1 unspecified atom stereocenters. The van der Waals surface area contributed by atoms with E-state index in [-0.39, 0.29) is 6.61 Å². The molecular weight excluding hydrogens is 238 g/mol. The van der Waals surface area contributed by atoms with Crippen molar-refractivity contribution in [2.24, 2.45) is 5.92 Å². The van der Waals surface area contributed by atoms with Crippen LogP contribution in [0, 0.1) is 17.2 Å². The molecule has 0 aromatic carbocycles. The summed E-state index contributed by atoms with van der Waals surface area (Å²) >= 11 is 5.88. The zero-order valence-corrected chi connectivity index (χ0v) is 10.2. The van der Waals surface area contributed by atoms with Crippen LogP contribution in [0.1, 0.15) is 18.4 Å². The van der Waals surface area contributed by atoms with Crippen LogP contribution in [0.5, 0.6) is 0 Å². The Morgan fingerprint density at radius 2 is 2.41 bits per heavy atom. The van der Waals surface area contributed by atoms with Gasteiger partial charge in [-0.3, -0.25) is 0 Å². The number of rotatable bonds is 3. The third-order valence-corrected chi connectivity index (χ3v) is 3.25. The summed E-state index contributed by atoms with van der Waals surface area (Å²) < 4.78 is 0. The summed E-state index contributed by atoms with van der Waals surface area (Å²) in [6.45, 7) is 2.01. The minimum Gasteiger partial charge on any atom is -0.396 e. The molecule has 1 atom stereocenters. The third kappa shape index (κ3) is 2.87. The second-order valence-electron chi connectivity index (χ2n) is 4.26. The van der Waals surface area contributed by atoms with E-state index in [0.717, 1.165) is 31.7 Å². The fraction of sp³-hybridized carbons (Fsp3) is 0.500. The zero-order valence-electron chi connectivity index (χ0n) is 9.43. The van der Waals surface area contributed by atoms with E-state index in [9.17, 15) is 0 Å². The Kier molecular flexibility index (Phi) is 3.82. The molecule has 2 rings (SSSR count). The van der Waals surface area contributed by atoms with Crippen LogP contribution in [0.2, 0.25) is 5.15 Å². The first kappa shape index (κ1) is 12.2. The Hall–Kier alpha value is -1.31. The number of hydrogen-bond acceptors (Lipinski definition) is 4. The number of nitrogens with zero attached hydrogens (tertiary/aromatic N) is 3. The lowest BCUT2D eigenvalue weighted by atomic mass is 10.1. The molecule has 0 bridgehead atoms.